The second kappa shape index (κ2) is 6.78. The maximum Gasteiger partial charge on any atom is 0.522 e. The predicted octanol–water partition coefficient (Wildman–Crippen LogP) is 2.74. The molecule has 0 fully saturated rings. The zero-order valence-corrected chi connectivity index (χ0v) is 9.85. The largest absolute Gasteiger partial charge is 0.522 e. The topological polar surface area (TPSA) is 21.3 Å². The highest BCUT2D eigenvalue weighted by atomic mass is 35.5. The molecule has 0 unspecified atom stereocenters. The quantitative estimate of drug-likeness (QED) is 0.566. The van der Waals surface area contributed by atoms with Gasteiger partial charge in [0.1, 0.15) is 0 Å². The Labute approximate surface area is 97.1 Å². The van der Waals surface area contributed by atoms with Crippen molar-refractivity contribution in [2.45, 2.75) is 25.2 Å². The van der Waals surface area contributed by atoms with Crippen LogP contribution in [0.5, 0.6) is 0 Å². The van der Waals surface area contributed by atoms with Gasteiger partial charge in [0.15, 0.2) is 0 Å². The third kappa shape index (κ3) is 6.45. The number of halogens is 5. The van der Waals surface area contributed by atoms with Gasteiger partial charge in [-0.1, -0.05) is 6.92 Å². The monoisotopic (exact) mass is 267 g/mol. The van der Waals surface area contributed by atoms with E-state index in [1.807, 2.05) is 6.92 Å². The summed E-state index contributed by atoms with van der Waals surface area (Å²) in [6.07, 6.45) is -3.94. The summed E-state index contributed by atoms with van der Waals surface area (Å²) in [6.45, 7) is 1.48. The Morgan fingerprint density at radius 2 is 1.73 bits per heavy atom. The van der Waals surface area contributed by atoms with E-state index in [2.05, 4.69) is 10.1 Å². The highest BCUT2D eigenvalue weighted by molar-refractivity contribution is 6.22. The fourth-order valence-electron chi connectivity index (χ4n) is 0.927. The fourth-order valence-corrected chi connectivity index (χ4v) is 1.78. The van der Waals surface area contributed by atoms with Crippen molar-refractivity contribution in [1.29, 1.82) is 0 Å². The predicted molar refractivity (Wildman–Crippen MR) is 54.5 cm³/mol. The number of hydrogen-bond donors (Lipinski definition) is 1. The van der Waals surface area contributed by atoms with Gasteiger partial charge in [0, 0.05) is 23.8 Å². The Balaban J connectivity index is 3.82. The van der Waals surface area contributed by atoms with E-state index >= 15 is 0 Å². The first kappa shape index (κ1) is 15.3. The lowest BCUT2D eigenvalue weighted by molar-refractivity contribution is -0.323. The number of rotatable bonds is 7. The molecule has 0 saturated carbocycles. The van der Waals surface area contributed by atoms with Crippen molar-refractivity contribution < 1.29 is 17.9 Å². The minimum Gasteiger partial charge on any atom is -0.307 e. The van der Waals surface area contributed by atoms with Crippen LogP contribution in [0.4, 0.5) is 13.2 Å². The van der Waals surface area contributed by atoms with E-state index in [1.165, 1.54) is 0 Å². The van der Waals surface area contributed by atoms with Crippen LogP contribution in [0.2, 0.25) is 0 Å². The van der Waals surface area contributed by atoms with Crippen LogP contribution < -0.4 is 5.32 Å². The van der Waals surface area contributed by atoms with E-state index in [0.717, 1.165) is 0 Å². The first-order chi connectivity index (χ1) is 6.89. The van der Waals surface area contributed by atoms with Crippen LogP contribution in [0, 0.1) is 0 Å². The molecule has 0 saturated heterocycles. The average Bonchev–Trinajstić information content (AvgIpc) is 2.18. The third-order valence-corrected chi connectivity index (χ3v) is 3.08. The van der Waals surface area contributed by atoms with Gasteiger partial charge >= 0.3 is 6.36 Å². The molecule has 0 amide bonds. The van der Waals surface area contributed by atoms with Crippen molar-refractivity contribution in [3.05, 3.63) is 0 Å². The Morgan fingerprint density at radius 1 is 1.20 bits per heavy atom. The van der Waals surface area contributed by atoms with E-state index in [-0.39, 0.29) is 18.3 Å². The van der Waals surface area contributed by atoms with Gasteiger partial charge in [0.05, 0.1) is 6.61 Å². The van der Waals surface area contributed by atoms with Gasteiger partial charge in [-0.15, -0.1) is 36.4 Å². The molecule has 0 aliphatic heterocycles. The van der Waals surface area contributed by atoms with Crippen molar-refractivity contribution in [1.82, 2.24) is 5.32 Å². The van der Waals surface area contributed by atoms with Crippen LogP contribution in [0.15, 0.2) is 0 Å². The zero-order chi connectivity index (χ0) is 11.9. The van der Waals surface area contributed by atoms with Gasteiger partial charge in [-0.3, -0.25) is 4.74 Å². The Bertz CT molecular complexity index is 165. The van der Waals surface area contributed by atoms with Gasteiger partial charge in [-0.25, -0.2) is 0 Å². The molecule has 0 bridgehead atoms. The smallest absolute Gasteiger partial charge is 0.307 e. The Kier molecular flexibility index (Phi) is 6.91. The summed E-state index contributed by atoms with van der Waals surface area (Å²) in [4.78, 5) is 0. The lowest BCUT2D eigenvalue weighted by atomic mass is 10.0. The van der Waals surface area contributed by atoms with E-state index in [1.54, 1.807) is 0 Å². The summed E-state index contributed by atoms with van der Waals surface area (Å²) in [6, 6.07) is 0. The highest BCUT2D eigenvalue weighted by Gasteiger charge is 2.30. The molecule has 0 heterocycles. The molecule has 0 spiro atoms. The number of nitrogens with one attached hydrogen (secondary N) is 1. The molecular weight excluding hydrogens is 254 g/mol. The number of ether oxygens (including phenoxy) is 1. The number of hydrogen-bond acceptors (Lipinski definition) is 2. The molecule has 92 valence electrons. The molecule has 0 radical (unpaired) electrons. The average molecular weight is 268 g/mol. The minimum absolute atomic E-state index is 0.0623. The summed E-state index contributed by atoms with van der Waals surface area (Å²) < 4.78 is 38.5. The van der Waals surface area contributed by atoms with Gasteiger partial charge < -0.3 is 5.32 Å². The van der Waals surface area contributed by atoms with Crippen molar-refractivity contribution in [3.8, 4) is 0 Å². The summed E-state index contributed by atoms with van der Waals surface area (Å²) in [5, 5.41) is 2.87. The molecule has 15 heavy (non-hydrogen) atoms. The lowest BCUT2D eigenvalue weighted by Crippen LogP contribution is -2.49. The van der Waals surface area contributed by atoms with Crippen LogP contribution in [0.1, 0.15) is 13.3 Å². The van der Waals surface area contributed by atoms with Crippen LogP contribution in [0.3, 0.4) is 0 Å². The Hall–Kier alpha value is 0.290. The molecule has 0 aliphatic carbocycles. The molecule has 2 nitrogen and oxygen atoms in total. The maximum atomic E-state index is 11.6. The van der Waals surface area contributed by atoms with E-state index in [4.69, 9.17) is 23.2 Å². The molecule has 7 heteroatoms. The van der Waals surface area contributed by atoms with Gasteiger partial charge in [0.25, 0.3) is 0 Å². The second-order valence-electron chi connectivity index (χ2n) is 3.12. The van der Waals surface area contributed by atoms with Gasteiger partial charge in [-0.2, -0.15) is 0 Å². The molecule has 0 aromatic rings. The van der Waals surface area contributed by atoms with Gasteiger partial charge in [0.2, 0.25) is 0 Å². The fraction of sp³-hybridized carbons (Fsp3) is 1.00. The summed E-state index contributed by atoms with van der Waals surface area (Å²) in [5.74, 6) is 0.498. The molecule has 0 rings (SSSR count). The van der Waals surface area contributed by atoms with Crippen LogP contribution in [0.25, 0.3) is 0 Å². The third-order valence-electron chi connectivity index (χ3n) is 2.06. The second-order valence-corrected chi connectivity index (χ2v) is 3.66. The van der Waals surface area contributed by atoms with E-state index in [9.17, 15) is 13.2 Å². The molecular formula is C8H14Cl2F3NO. The van der Waals surface area contributed by atoms with Crippen LogP contribution in [-0.4, -0.2) is 36.8 Å². The molecule has 1 N–H and O–H groups in total. The van der Waals surface area contributed by atoms with Crippen molar-refractivity contribution in [2.24, 2.45) is 0 Å². The first-order valence-corrected chi connectivity index (χ1v) is 5.53. The Morgan fingerprint density at radius 3 is 2.07 bits per heavy atom. The van der Waals surface area contributed by atoms with Crippen molar-refractivity contribution in [2.75, 3.05) is 24.9 Å². The summed E-state index contributed by atoms with van der Waals surface area (Å²) >= 11 is 11.4. The normalized spacial score (nSPS) is 13.2. The van der Waals surface area contributed by atoms with Crippen molar-refractivity contribution >= 4 is 23.2 Å². The maximum absolute atomic E-state index is 11.6. The molecule has 0 aromatic carbocycles. The van der Waals surface area contributed by atoms with Crippen LogP contribution >= 0.6 is 23.2 Å². The molecule has 0 atom stereocenters. The lowest BCUT2D eigenvalue weighted by Gasteiger charge is -2.29. The standard InChI is InChI=1S/C8H14Cl2F3NO/c1-2-7(5-9,6-10)14-3-4-15-8(11,12)13/h14H,2-6H2,1H3. The number of alkyl halides is 5. The minimum atomic E-state index is -4.58. The first-order valence-electron chi connectivity index (χ1n) is 4.47. The highest BCUT2D eigenvalue weighted by Crippen LogP contribution is 2.17. The van der Waals surface area contributed by atoms with Crippen LogP contribution in [-0.2, 0) is 4.74 Å². The zero-order valence-electron chi connectivity index (χ0n) is 8.33. The van der Waals surface area contributed by atoms with Gasteiger partial charge in [-0.05, 0) is 6.42 Å². The van der Waals surface area contributed by atoms with E-state index in [0.29, 0.717) is 6.42 Å². The molecule has 0 aromatic heterocycles. The van der Waals surface area contributed by atoms with E-state index < -0.39 is 18.5 Å². The molecule has 0 aliphatic rings. The summed E-state index contributed by atoms with van der Waals surface area (Å²) in [5.41, 5.74) is -0.516. The SMILES string of the molecule is CCC(CCl)(CCl)NCCOC(F)(F)F. The summed E-state index contributed by atoms with van der Waals surface area (Å²) in [7, 11) is 0. The van der Waals surface area contributed by atoms with Crippen molar-refractivity contribution in [3.63, 3.8) is 0 Å².